The number of carbonyl (C=O) groups is 4. The van der Waals surface area contributed by atoms with Crippen molar-refractivity contribution in [2.24, 2.45) is 5.92 Å². The highest BCUT2D eigenvalue weighted by molar-refractivity contribution is 7.99. The molecule has 0 unspecified atom stereocenters. The number of nitrogens with one attached hydrogen (secondary N) is 2. The van der Waals surface area contributed by atoms with Crippen LogP contribution in [0.15, 0.2) is 0 Å². The third-order valence-electron chi connectivity index (χ3n) is 6.95. The minimum atomic E-state index is -0.748. The fourth-order valence-corrected chi connectivity index (χ4v) is 6.13. The normalized spacial score (nSPS) is 30.1. The monoisotopic (exact) mass is 452 g/mol. The lowest BCUT2D eigenvalue weighted by Gasteiger charge is -2.42. The molecule has 3 aliphatic heterocycles. The molecular formula is C21H34N5O4S+. The molecule has 4 rings (SSSR count). The molecule has 1 saturated carbocycles. The largest absolute Gasteiger partial charge is 0.354 e. The molecular weight excluding hydrogens is 418 g/mol. The molecule has 0 radical (unpaired) electrons. The lowest BCUT2D eigenvalue weighted by molar-refractivity contribution is -0.649. The first-order valence-corrected chi connectivity index (χ1v) is 12.8. The molecule has 3 saturated heterocycles. The minimum absolute atomic E-state index is 0.0309. The summed E-state index contributed by atoms with van der Waals surface area (Å²) in [5, 5.41) is 7.65. The Morgan fingerprint density at radius 2 is 1.84 bits per heavy atom. The van der Waals surface area contributed by atoms with Crippen molar-refractivity contribution >= 4 is 35.4 Å². The van der Waals surface area contributed by atoms with E-state index in [0.717, 1.165) is 43.7 Å². The van der Waals surface area contributed by atoms with Gasteiger partial charge in [-0.05, 0) is 25.7 Å². The van der Waals surface area contributed by atoms with Crippen LogP contribution in [-0.2, 0) is 19.2 Å². The van der Waals surface area contributed by atoms with Crippen molar-refractivity contribution in [2.45, 2.75) is 63.1 Å². The molecule has 0 spiro atoms. The Morgan fingerprint density at radius 3 is 2.55 bits per heavy atom. The van der Waals surface area contributed by atoms with Gasteiger partial charge >= 0.3 is 0 Å². The zero-order valence-electron chi connectivity index (χ0n) is 18.0. The van der Waals surface area contributed by atoms with Gasteiger partial charge in [-0.15, -0.1) is 0 Å². The fraction of sp³-hybridized carbons (Fsp3) is 0.810. The molecule has 0 aromatic carbocycles. The summed E-state index contributed by atoms with van der Waals surface area (Å²) < 4.78 is 0. The quantitative estimate of drug-likeness (QED) is 0.487. The number of thioether (sulfide) groups is 1. The second kappa shape index (κ2) is 10.2. The molecule has 4 aliphatic rings. The van der Waals surface area contributed by atoms with Gasteiger partial charge in [-0.1, -0.05) is 31.0 Å². The summed E-state index contributed by atoms with van der Waals surface area (Å²) >= 11 is 1.72. The Kier molecular flexibility index (Phi) is 7.37. The van der Waals surface area contributed by atoms with Gasteiger partial charge in [-0.2, -0.15) is 0 Å². The summed E-state index contributed by atoms with van der Waals surface area (Å²) in [5.41, 5.74) is 0. The molecule has 3 atom stereocenters. The Balaban J connectivity index is 1.47. The average Bonchev–Trinajstić information content (AvgIpc) is 3.35. The molecule has 3 heterocycles. The van der Waals surface area contributed by atoms with Crippen LogP contribution in [0, 0.1) is 5.92 Å². The van der Waals surface area contributed by atoms with Gasteiger partial charge in [0.15, 0.2) is 6.04 Å². The van der Waals surface area contributed by atoms with Crippen LogP contribution in [0.25, 0.3) is 0 Å². The number of nitrogens with zero attached hydrogens (tertiary/aromatic N) is 2. The number of hydrogen-bond donors (Lipinski definition) is 3. The van der Waals surface area contributed by atoms with Crippen molar-refractivity contribution in [2.75, 3.05) is 37.8 Å². The maximum Gasteiger partial charge on any atom is 0.282 e. The number of hydrogen-bond acceptors (Lipinski definition) is 5. The first kappa shape index (κ1) is 22.4. The van der Waals surface area contributed by atoms with Gasteiger partial charge in [0.05, 0.1) is 12.3 Å². The Morgan fingerprint density at radius 1 is 1.03 bits per heavy atom. The van der Waals surface area contributed by atoms with Crippen molar-refractivity contribution in [1.82, 2.24) is 20.4 Å². The van der Waals surface area contributed by atoms with E-state index in [1.54, 1.807) is 21.6 Å². The SMILES string of the molecule is O=C1NCCC[C@@H]1NC(=O)[C@H]1CN(C(=O)C2CCCCC2)CCN1C(=O)[C@@H]1CSC[NH2+]1. The van der Waals surface area contributed by atoms with E-state index in [1.165, 1.54) is 6.42 Å². The van der Waals surface area contributed by atoms with Crippen LogP contribution in [0.4, 0.5) is 0 Å². The lowest BCUT2D eigenvalue weighted by atomic mass is 9.88. The molecule has 172 valence electrons. The van der Waals surface area contributed by atoms with E-state index in [-0.39, 0.29) is 42.1 Å². The van der Waals surface area contributed by atoms with Crippen LogP contribution in [0.3, 0.4) is 0 Å². The smallest absolute Gasteiger partial charge is 0.282 e. The highest BCUT2D eigenvalue weighted by Gasteiger charge is 2.43. The first-order valence-electron chi connectivity index (χ1n) is 11.6. The van der Waals surface area contributed by atoms with Crippen LogP contribution in [-0.4, -0.2) is 89.4 Å². The third kappa shape index (κ3) is 5.16. The van der Waals surface area contributed by atoms with E-state index in [2.05, 4.69) is 10.6 Å². The van der Waals surface area contributed by atoms with Crippen LogP contribution < -0.4 is 16.0 Å². The van der Waals surface area contributed by atoms with Crippen molar-refractivity contribution in [1.29, 1.82) is 0 Å². The molecule has 10 heteroatoms. The van der Waals surface area contributed by atoms with E-state index in [0.29, 0.717) is 26.1 Å². The second-order valence-corrected chi connectivity index (χ2v) is 10.1. The molecule has 4 fully saturated rings. The number of carbonyl (C=O) groups excluding carboxylic acids is 4. The van der Waals surface area contributed by atoms with Crippen LogP contribution in [0.1, 0.15) is 44.9 Å². The van der Waals surface area contributed by atoms with Crippen LogP contribution in [0.2, 0.25) is 0 Å². The molecule has 1 aliphatic carbocycles. The van der Waals surface area contributed by atoms with Gasteiger partial charge in [0.25, 0.3) is 5.91 Å². The lowest BCUT2D eigenvalue weighted by Crippen LogP contribution is -2.90. The number of quaternary nitrogens is 1. The van der Waals surface area contributed by atoms with E-state index in [4.69, 9.17) is 0 Å². The number of amides is 4. The molecule has 0 aromatic rings. The first-order chi connectivity index (χ1) is 15.0. The molecule has 4 amide bonds. The van der Waals surface area contributed by atoms with Gasteiger partial charge in [0.1, 0.15) is 18.0 Å². The molecule has 9 nitrogen and oxygen atoms in total. The predicted octanol–water partition coefficient (Wildman–Crippen LogP) is -1.36. The molecule has 31 heavy (non-hydrogen) atoms. The summed E-state index contributed by atoms with van der Waals surface area (Å²) in [6.45, 7) is 1.66. The van der Waals surface area contributed by atoms with Crippen molar-refractivity contribution in [3.63, 3.8) is 0 Å². The second-order valence-electron chi connectivity index (χ2n) is 9.04. The number of piperidine rings is 1. The Bertz CT molecular complexity index is 708. The third-order valence-corrected chi connectivity index (χ3v) is 7.97. The zero-order valence-corrected chi connectivity index (χ0v) is 18.8. The molecule has 0 aromatic heterocycles. The van der Waals surface area contributed by atoms with Gasteiger partial charge < -0.3 is 25.8 Å². The number of rotatable bonds is 4. The summed E-state index contributed by atoms with van der Waals surface area (Å²) in [4.78, 5) is 55.1. The van der Waals surface area contributed by atoms with Gasteiger partial charge in [0.2, 0.25) is 17.7 Å². The minimum Gasteiger partial charge on any atom is -0.354 e. The van der Waals surface area contributed by atoms with Crippen LogP contribution in [0.5, 0.6) is 0 Å². The zero-order chi connectivity index (χ0) is 21.8. The van der Waals surface area contributed by atoms with Gasteiger partial charge in [0, 0.05) is 25.6 Å². The number of nitrogens with two attached hydrogens (primary N) is 1. The summed E-state index contributed by atoms with van der Waals surface area (Å²) in [5.74, 6) is 1.18. The summed E-state index contributed by atoms with van der Waals surface area (Å²) in [7, 11) is 0. The topological polar surface area (TPSA) is 115 Å². The Hall–Kier alpha value is -1.81. The highest BCUT2D eigenvalue weighted by Crippen LogP contribution is 2.27. The maximum atomic E-state index is 13.2. The molecule has 4 N–H and O–H groups in total. The standard InChI is InChI=1S/C21H33N5O4S/c27-18-15(7-4-8-22-18)24-19(28)17-11-25(20(29)14-5-2-1-3-6-14)9-10-26(17)21(30)16-12-31-13-23-16/h14-17,23H,1-13H2,(H,22,27)(H,24,28)/p+1/t15-,16-,17+/m0/s1. The molecule has 0 bridgehead atoms. The summed E-state index contributed by atoms with van der Waals surface area (Å²) in [6.07, 6.45) is 6.54. The average molecular weight is 453 g/mol. The highest BCUT2D eigenvalue weighted by atomic mass is 32.2. The van der Waals surface area contributed by atoms with Gasteiger partial charge in [-0.3, -0.25) is 19.2 Å². The predicted molar refractivity (Wildman–Crippen MR) is 116 cm³/mol. The van der Waals surface area contributed by atoms with E-state index >= 15 is 0 Å². The van der Waals surface area contributed by atoms with E-state index in [1.807, 2.05) is 5.32 Å². The maximum absolute atomic E-state index is 13.2. The fourth-order valence-electron chi connectivity index (χ4n) is 5.09. The van der Waals surface area contributed by atoms with Crippen molar-refractivity contribution in [3.8, 4) is 0 Å². The van der Waals surface area contributed by atoms with Crippen LogP contribution >= 0.6 is 11.8 Å². The van der Waals surface area contributed by atoms with Crippen molar-refractivity contribution < 1.29 is 24.5 Å². The van der Waals surface area contributed by atoms with E-state index < -0.39 is 12.1 Å². The number of piperazine rings is 1. The van der Waals surface area contributed by atoms with E-state index in [9.17, 15) is 19.2 Å². The summed E-state index contributed by atoms with van der Waals surface area (Å²) in [6, 6.07) is -1.50. The van der Waals surface area contributed by atoms with Crippen molar-refractivity contribution in [3.05, 3.63) is 0 Å². The Labute approximate surface area is 187 Å². The van der Waals surface area contributed by atoms with Gasteiger partial charge in [-0.25, -0.2) is 0 Å².